The lowest BCUT2D eigenvalue weighted by Gasteiger charge is -2.37. The molecule has 0 radical (unpaired) electrons. The highest BCUT2D eigenvalue weighted by atomic mass is 16.2. The zero-order chi connectivity index (χ0) is 18.5. The predicted molar refractivity (Wildman–Crippen MR) is 101 cm³/mol. The van der Waals surface area contributed by atoms with Crippen molar-refractivity contribution in [2.45, 2.75) is 13.0 Å². The number of hydrogen-bond acceptors (Lipinski definition) is 5. The second-order valence-corrected chi connectivity index (χ2v) is 6.32. The summed E-state index contributed by atoms with van der Waals surface area (Å²) in [5, 5.41) is 2.89. The van der Waals surface area contributed by atoms with Crippen LogP contribution in [0.5, 0.6) is 0 Å². The lowest BCUT2D eigenvalue weighted by atomic mass is 10.1. The van der Waals surface area contributed by atoms with E-state index in [1.807, 2.05) is 25.1 Å². The third kappa shape index (κ3) is 4.18. The van der Waals surface area contributed by atoms with Crippen LogP contribution in [0.3, 0.4) is 0 Å². The number of amides is 2. The minimum Gasteiger partial charge on any atom is -0.366 e. The summed E-state index contributed by atoms with van der Waals surface area (Å²) in [6, 6.07) is 12.2. The molecule has 136 valence electrons. The van der Waals surface area contributed by atoms with E-state index in [4.69, 9.17) is 5.73 Å². The number of rotatable bonds is 5. The minimum atomic E-state index is -0.484. The fourth-order valence-electron chi connectivity index (χ4n) is 3.01. The first-order chi connectivity index (χ1) is 12.5. The number of benzene rings is 1. The number of primary amides is 1. The summed E-state index contributed by atoms with van der Waals surface area (Å²) < 4.78 is 0. The molecule has 1 fully saturated rings. The number of carbonyl (C=O) groups excluding carboxylic acids is 2. The van der Waals surface area contributed by atoms with Crippen molar-refractivity contribution in [3.05, 3.63) is 54.2 Å². The van der Waals surface area contributed by atoms with Gasteiger partial charge < -0.3 is 16.0 Å². The van der Waals surface area contributed by atoms with E-state index in [0.29, 0.717) is 11.3 Å². The molecule has 1 aliphatic heterocycles. The van der Waals surface area contributed by atoms with E-state index in [9.17, 15) is 9.59 Å². The Morgan fingerprint density at radius 3 is 2.35 bits per heavy atom. The number of nitrogens with zero attached hydrogens (tertiary/aromatic N) is 3. The molecule has 0 saturated carbocycles. The van der Waals surface area contributed by atoms with Crippen LogP contribution in [0.4, 0.5) is 11.5 Å². The van der Waals surface area contributed by atoms with Crippen molar-refractivity contribution >= 4 is 23.3 Å². The average molecular weight is 353 g/mol. The van der Waals surface area contributed by atoms with Crippen LogP contribution < -0.4 is 16.0 Å². The maximum absolute atomic E-state index is 12.5. The first-order valence-corrected chi connectivity index (χ1v) is 8.65. The molecule has 3 rings (SSSR count). The summed E-state index contributed by atoms with van der Waals surface area (Å²) in [6.07, 6.45) is 1.79. The molecule has 1 saturated heterocycles. The molecule has 1 atom stereocenters. The summed E-state index contributed by atoms with van der Waals surface area (Å²) in [6.45, 7) is 5.17. The van der Waals surface area contributed by atoms with E-state index in [1.165, 1.54) is 0 Å². The summed E-state index contributed by atoms with van der Waals surface area (Å²) in [7, 11) is 0. The van der Waals surface area contributed by atoms with E-state index in [2.05, 4.69) is 20.1 Å². The summed E-state index contributed by atoms with van der Waals surface area (Å²) in [5.41, 5.74) is 6.29. The molecule has 1 aromatic carbocycles. The molecule has 0 spiro atoms. The Kier molecular flexibility index (Phi) is 5.48. The number of aromatic nitrogens is 1. The highest BCUT2D eigenvalue weighted by Gasteiger charge is 2.26. The van der Waals surface area contributed by atoms with Crippen molar-refractivity contribution in [1.82, 2.24) is 9.88 Å². The van der Waals surface area contributed by atoms with Gasteiger partial charge in [-0.2, -0.15) is 0 Å². The number of hydrogen-bond donors (Lipinski definition) is 2. The Bertz CT molecular complexity index is 755. The first kappa shape index (κ1) is 17.9. The van der Waals surface area contributed by atoms with Crippen LogP contribution in [-0.4, -0.2) is 53.9 Å². The molecule has 26 heavy (non-hydrogen) atoms. The van der Waals surface area contributed by atoms with E-state index in [0.717, 1.165) is 32.0 Å². The van der Waals surface area contributed by atoms with Crippen molar-refractivity contribution < 1.29 is 9.59 Å². The van der Waals surface area contributed by atoms with Crippen molar-refractivity contribution in [3.63, 3.8) is 0 Å². The van der Waals surface area contributed by atoms with Crippen LogP contribution in [0.1, 0.15) is 17.3 Å². The molecule has 0 bridgehead atoms. The van der Waals surface area contributed by atoms with Crippen molar-refractivity contribution in [3.8, 4) is 0 Å². The molecule has 0 unspecified atom stereocenters. The van der Waals surface area contributed by atoms with Crippen LogP contribution in [0.25, 0.3) is 0 Å². The summed E-state index contributed by atoms with van der Waals surface area (Å²) >= 11 is 0. The SMILES string of the molecule is C[C@@H](C(=O)Nc1ccc(C(N)=O)cc1)N1CCN(c2ccccn2)CC1. The van der Waals surface area contributed by atoms with Gasteiger partial charge in [-0.25, -0.2) is 4.98 Å². The maximum Gasteiger partial charge on any atom is 0.248 e. The molecule has 1 aliphatic rings. The van der Waals surface area contributed by atoms with Gasteiger partial charge >= 0.3 is 0 Å². The molecule has 0 aliphatic carbocycles. The van der Waals surface area contributed by atoms with Gasteiger partial charge in [0.25, 0.3) is 0 Å². The van der Waals surface area contributed by atoms with Gasteiger partial charge in [-0.3, -0.25) is 14.5 Å². The molecular formula is C19H23N5O2. The van der Waals surface area contributed by atoms with Gasteiger partial charge in [0.2, 0.25) is 11.8 Å². The van der Waals surface area contributed by atoms with Crippen molar-refractivity contribution in [2.75, 3.05) is 36.4 Å². The lowest BCUT2D eigenvalue weighted by molar-refractivity contribution is -0.120. The third-order valence-corrected chi connectivity index (χ3v) is 4.65. The Morgan fingerprint density at radius 1 is 1.08 bits per heavy atom. The van der Waals surface area contributed by atoms with E-state index in [-0.39, 0.29) is 11.9 Å². The van der Waals surface area contributed by atoms with E-state index in [1.54, 1.807) is 30.5 Å². The van der Waals surface area contributed by atoms with E-state index >= 15 is 0 Å². The summed E-state index contributed by atoms with van der Waals surface area (Å²) in [4.78, 5) is 32.4. The molecule has 2 aromatic rings. The monoisotopic (exact) mass is 353 g/mol. The lowest BCUT2D eigenvalue weighted by Crippen LogP contribution is -2.53. The number of piperazine rings is 1. The first-order valence-electron chi connectivity index (χ1n) is 8.65. The second kappa shape index (κ2) is 7.97. The van der Waals surface area contributed by atoms with Crippen LogP contribution >= 0.6 is 0 Å². The number of nitrogens with two attached hydrogens (primary N) is 1. The Hall–Kier alpha value is -2.93. The highest BCUT2D eigenvalue weighted by Crippen LogP contribution is 2.15. The van der Waals surface area contributed by atoms with Gasteiger partial charge in [0.1, 0.15) is 5.82 Å². The number of anilines is 2. The standard InChI is InChI=1S/C19H23N5O2/c1-14(19(26)22-16-7-5-15(6-8-16)18(20)25)23-10-12-24(13-11-23)17-4-2-3-9-21-17/h2-9,14H,10-13H2,1H3,(H2,20,25)(H,22,26)/t14-/m0/s1. The van der Waals surface area contributed by atoms with E-state index < -0.39 is 5.91 Å². The largest absolute Gasteiger partial charge is 0.366 e. The van der Waals surface area contributed by atoms with Gasteiger partial charge in [0, 0.05) is 43.6 Å². The predicted octanol–water partition coefficient (Wildman–Crippen LogP) is 1.33. The second-order valence-electron chi connectivity index (χ2n) is 6.32. The zero-order valence-corrected chi connectivity index (χ0v) is 14.8. The van der Waals surface area contributed by atoms with Crippen molar-refractivity contribution in [1.29, 1.82) is 0 Å². The minimum absolute atomic E-state index is 0.0666. The van der Waals surface area contributed by atoms with Gasteiger partial charge in [-0.15, -0.1) is 0 Å². The number of carbonyl (C=O) groups is 2. The molecule has 2 heterocycles. The smallest absolute Gasteiger partial charge is 0.248 e. The normalized spacial score (nSPS) is 16.1. The molecule has 1 aromatic heterocycles. The Balaban J connectivity index is 1.53. The Labute approximate surface area is 152 Å². The van der Waals surface area contributed by atoms with Gasteiger partial charge in [0.15, 0.2) is 0 Å². The highest BCUT2D eigenvalue weighted by molar-refractivity contribution is 5.96. The Morgan fingerprint density at radius 2 is 1.77 bits per heavy atom. The van der Waals surface area contributed by atoms with Crippen LogP contribution in [-0.2, 0) is 4.79 Å². The molecule has 3 N–H and O–H groups in total. The van der Waals surface area contributed by atoms with Crippen LogP contribution in [0.15, 0.2) is 48.7 Å². The maximum atomic E-state index is 12.5. The molecule has 7 nitrogen and oxygen atoms in total. The summed E-state index contributed by atoms with van der Waals surface area (Å²) in [5.74, 6) is 0.420. The van der Waals surface area contributed by atoms with Gasteiger partial charge in [-0.05, 0) is 43.3 Å². The van der Waals surface area contributed by atoms with Crippen LogP contribution in [0.2, 0.25) is 0 Å². The molecule has 7 heteroatoms. The third-order valence-electron chi connectivity index (χ3n) is 4.65. The molecular weight excluding hydrogens is 330 g/mol. The molecule has 2 amide bonds. The average Bonchev–Trinajstić information content (AvgIpc) is 2.68. The van der Waals surface area contributed by atoms with Gasteiger partial charge in [0.05, 0.1) is 6.04 Å². The van der Waals surface area contributed by atoms with Crippen molar-refractivity contribution in [2.24, 2.45) is 5.73 Å². The zero-order valence-electron chi connectivity index (χ0n) is 14.8. The quantitative estimate of drug-likeness (QED) is 0.846. The van der Waals surface area contributed by atoms with Gasteiger partial charge in [-0.1, -0.05) is 6.07 Å². The fourth-order valence-corrected chi connectivity index (χ4v) is 3.01. The van der Waals surface area contributed by atoms with Crippen LogP contribution in [0, 0.1) is 0 Å². The topological polar surface area (TPSA) is 91.6 Å². The number of nitrogens with one attached hydrogen (secondary N) is 1. The number of pyridine rings is 1. The fraction of sp³-hybridized carbons (Fsp3) is 0.316.